The zero-order valence-corrected chi connectivity index (χ0v) is 15.9. The van der Waals surface area contributed by atoms with Crippen molar-refractivity contribution in [2.75, 3.05) is 39.9 Å². The van der Waals surface area contributed by atoms with Crippen molar-refractivity contribution in [2.24, 2.45) is 0 Å². The van der Waals surface area contributed by atoms with Crippen LogP contribution in [0.2, 0.25) is 0 Å². The number of amides is 3. The van der Waals surface area contributed by atoms with E-state index < -0.39 is 0 Å². The fourth-order valence-electron chi connectivity index (χ4n) is 4.66. The summed E-state index contributed by atoms with van der Waals surface area (Å²) in [6.45, 7) is 4.81. The molecule has 0 saturated carbocycles. The van der Waals surface area contributed by atoms with E-state index in [2.05, 4.69) is 0 Å². The van der Waals surface area contributed by atoms with E-state index in [1.807, 2.05) is 11.9 Å². The third-order valence-electron chi connectivity index (χ3n) is 6.19. The van der Waals surface area contributed by atoms with Gasteiger partial charge in [-0.1, -0.05) is 6.07 Å². The van der Waals surface area contributed by atoms with E-state index in [1.54, 1.807) is 28.9 Å². The summed E-state index contributed by atoms with van der Waals surface area (Å²) in [4.78, 5) is 31.0. The van der Waals surface area contributed by atoms with Gasteiger partial charge < -0.3 is 19.4 Å². The largest absolute Gasteiger partial charge is 0.379 e. The normalized spacial score (nSPS) is 26.5. The number of rotatable bonds is 2. The van der Waals surface area contributed by atoms with Gasteiger partial charge >= 0.3 is 6.03 Å². The average Bonchev–Trinajstić information content (AvgIpc) is 3.22. The van der Waals surface area contributed by atoms with Crippen LogP contribution in [0.4, 0.5) is 9.18 Å². The summed E-state index contributed by atoms with van der Waals surface area (Å²) in [7, 11) is 1.84. The number of nitrogens with zero attached hydrogens (tertiary/aromatic N) is 3. The molecule has 0 radical (unpaired) electrons. The van der Waals surface area contributed by atoms with Gasteiger partial charge in [0, 0.05) is 44.9 Å². The van der Waals surface area contributed by atoms with Crippen LogP contribution in [0.1, 0.15) is 35.2 Å². The monoisotopic (exact) mass is 375 g/mol. The molecule has 3 aliphatic heterocycles. The number of carbonyl (C=O) groups is 2. The maximum atomic E-state index is 13.8. The van der Waals surface area contributed by atoms with E-state index in [4.69, 9.17) is 4.74 Å². The third-order valence-corrected chi connectivity index (χ3v) is 6.19. The molecule has 3 heterocycles. The highest BCUT2D eigenvalue weighted by molar-refractivity contribution is 5.94. The van der Waals surface area contributed by atoms with Crippen LogP contribution < -0.4 is 0 Å². The van der Waals surface area contributed by atoms with Crippen molar-refractivity contribution >= 4 is 11.9 Å². The Kier molecular flexibility index (Phi) is 4.58. The molecule has 0 aromatic heterocycles. The molecule has 1 atom stereocenters. The summed E-state index contributed by atoms with van der Waals surface area (Å²) >= 11 is 0. The number of urea groups is 1. The minimum atomic E-state index is -0.357. The molecule has 0 bridgehead atoms. The first-order valence-corrected chi connectivity index (χ1v) is 9.59. The highest BCUT2D eigenvalue weighted by atomic mass is 19.1. The highest BCUT2D eigenvalue weighted by Gasteiger charge is 2.53. The van der Waals surface area contributed by atoms with Gasteiger partial charge in [0.15, 0.2) is 0 Å². The topological polar surface area (TPSA) is 53.1 Å². The van der Waals surface area contributed by atoms with Crippen LogP contribution in [0, 0.1) is 12.7 Å². The van der Waals surface area contributed by atoms with Gasteiger partial charge in [-0.15, -0.1) is 0 Å². The lowest BCUT2D eigenvalue weighted by molar-refractivity contribution is 0.0498. The van der Waals surface area contributed by atoms with Crippen molar-refractivity contribution in [3.05, 3.63) is 35.1 Å². The molecule has 1 aromatic carbocycles. The summed E-state index contributed by atoms with van der Waals surface area (Å²) in [5, 5.41) is 0. The van der Waals surface area contributed by atoms with Gasteiger partial charge in [-0.3, -0.25) is 4.79 Å². The number of halogens is 1. The van der Waals surface area contributed by atoms with Gasteiger partial charge in [-0.05, 0) is 43.9 Å². The molecule has 0 aliphatic carbocycles. The first kappa shape index (κ1) is 18.2. The van der Waals surface area contributed by atoms with Gasteiger partial charge in [0.2, 0.25) is 0 Å². The van der Waals surface area contributed by atoms with Crippen LogP contribution in [-0.2, 0) is 4.74 Å². The lowest BCUT2D eigenvalue weighted by Crippen LogP contribution is -2.56. The number of aryl methyl sites for hydroxylation is 1. The number of ether oxygens (including phenoxy) is 1. The summed E-state index contributed by atoms with van der Waals surface area (Å²) in [6, 6.07) is 4.80. The van der Waals surface area contributed by atoms with Crippen LogP contribution >= 0.6 is 0 Å². The second kappa shape index (κ2) is 6.78. The van der Waals surface area contributed by atoms with E-state index in [0.29, 0.717) is 44.0 Å². The molecule has 146 valence electrons. The Balaban J connectivity index is 1.44. The van der Waals surface area contributed by atoms with Gasteiger partial charge in [-0.2, -0.15) is 0 Å². The Labute approximate surface area is 158 Å². The summed E-state index contributed by atoms with van der Waals surface area (Å²) in [6.07, 6.45) is 2.34. The fraction of sp³-hybridized carbons (Fsp3) is 0.600. The standard InChI is InChI=1S/C20H26FN3O3/c1-14-3-4-15(11-17(14)21)18(25)23-8-5-16(6-9-23)24-19(26)22(2)12-20(24)7-10-27-13-20/h3-4,11,16H,5-10,12-13H2,1-2H3. The van der Waals surface area contributed by atoms with Crippen molar-refractivity contribution in [2.45, 2.75) is 37.8 Å². The van der Waals surface area contributed by atoms with Gasteiger partial charge in [-0.25, -0.2) is 9.18 Å². The number of piperidine rings is 1. The fourth-order valence-corrected chi connectivity index (χ4v) is 4.66. The SMILES string of the molecule is Cc1ccc(C(=O)N2CCC(N3C(=O)N(C)CC34CCOC4)CC2)cc1F. The number of likely N-dealkylation sites (tertiary alicyclic amines) is 1. The minimum Gasteiger partial charge on any atom is -0.379 e. The second-order valence-electron chi connectivity index (χ2n) is 8.02. The van der Waals surface area contributed by atoms with Crippen LogP contribution in [0.5, 0.6) is 0 Å². The molecule has 3 saturated heterocycles. The number of hydrogen-bond acceptors (Lipinski definition) is 3. The van der Waals surface area contributed by atoms with Crippen LogP contribution in [0.3, 0.4) is 0 Å². The number of hydrogen-bond donors (Lipinski definition) is 0. The van der Waals surface area contributed by atoms with Crippen molar-refractivity contribution in [3.8, 4) is 0 Å². The number of carbonyl (C=O) groups excluding carboxylic acids is 2. The Morgan fingerprint density at radius 1 is 1.30 bits per heavy atom. The van der Waals surface area contributed by atoms with E-state index in [0.717, 1.165) is 19.3 Å². The molecular formula is C20H26FN3O3. The summed E-state index contributed by atoms with van der Waals surface area (Å²) < 4.78 is 19.4. The molecule has 1 spiro atoms. The average molecular weight is 375 g/mol. The molecule has 27 heavy (non-hydrogen) atoms. The predicted molar refractivity (Wildman–Crippen MR) is 98.1 cm³/mol. The molecule has 7 heteroatoms. The van der Waals surface area contributed by atoms with Gasteiger partial charge in [0.25, 0.3) is 5.91 Å². The predicted octanol–water partition coefficient (Wildman–Crippen LogP) is 2.27. The molecule has 1 unspecified atom stereocenters. The van der Waals surface area contributed by atoms with Crippen molar-refractivity contribution in [1.82, 2.24) is 14.7 Å². The quantitative estimate of drug-likeness (QED) is 0.797. The van der Waals surface area contributed by atoms with E-state index in [1.165, 1.54) is 6.07 Å². The van der Waals surface area contributed by atoms with Gasteiger partial charge in [0.1, 0.15) is 5.82 Å². The first-order valence-electron chi connectivity index (χ1n) is 9.59. The zero-order chi connectivity index (χ0) is 19.2. The maximum Gasteiger partial charge on any atom is 0.320 e. The third kappa shape index (κ3) is 3.08. The van der Waals surface area contributed by atoms with Crippen LogP contribution in [-0.4, -0.2) is 78.1 Å². The molecule has 3 fully saturated rings. The molecule has 6 nitrogen and oxygen atoms in total. The van der Waals surface area contributed by atoms with Crippen molar-refractivity contribution in [3.63, 3.8) is 0 Å². The van der Waals surface area contributed by atoms with Crippen molar-refractivity contribution < 1.29 is 18.7 Å². The summed E-state index contributed by atoms with van der Waals surface area (Å²) in [5.41, 5.74) is 0.697. The Hall–Kier alpha value is -2.15. The van der Waals surface area contributed by atoms with Crippen LogP contribution in [0.15, 0.2) is 18.2 Å². The molecular weight excluding hydrogens is 349 g/mol. The van der Waals surface area contributed by atoms with Gasteiger partial charge in [0.05, 0.1) is 12.1 Å². The zero-order valence-electron chi connectivity index (χ0n) is 15.9. The smallest absolute Gasteiger partial charge is 0.320 e. The molecule has 0 N–H and O–H groups in total. The minimum absolute atomic E-state index is 0.0610. The first-order chi connectivity index (χ1) is 12.9. The van der Waals surface area contributed by atoms with Crippen molar-refractivity contribution in [1.29, 1.82) is 0 Å². The summed E-state index contributed by atoms with van der Waals surface area (Å²) in [5.74, 6) is -0.499. The van der Waals surface area contributed by atoms with Crippen LogP contribution in [0.25, 0.3) is 0 Å². The Morgan fingerprint density at radius 3 is 2.67 bits per heavy atom. The number of benzene rings is 1. The lowest BCUT2D eigenvalue weighted by Gasteiger charge is -2.42. The maximum absolute atomic E-state index is 13.8. The number of likely N-dealkylation sites (N-methyl/N-ethyl adjacent to an activating group) is 1. The Morgan fingerprint density at radius 2 is 2.04 bits per heavy atom. The Bertz CT molecular complexity index is 755. The van der Waals surface area contributed by atoms with E-state index >= 15 is 0 Å². The molecule has 4 rings (SSSR count). The molecule has 3 amide bonds. The van der Waals surface area contributed by atoms with E-state index in [-0.39, 0.29) is 29.3 Å². The van der Waals surface area contributed by atoms with E-state index in [9.17, 15) is 14.0 Å². The highest BCUT2D eigenvalue weighted by Crippen LogP contribution is 2.37. The second-order valence-corrected chi connectivity index (χ2v) is 8.02. The lowest BCUT2D eigenvalue weighted by atomic mass is 9.92. The molecule has 3 aliphatic rings. The molecule has 1 aromatic rings.